The summed E-state index contributed by atoms with van der Waals surface area (Å²) in [4.78, 5) is 154. The van der Waals surface area contributed by atoms with Crippen LogP contribution in [-0.4, -0.2) is 142 Å². The molecule has 0 aliphatic rings. The molecule has 25 nitrogen and oxygen atoms in total. The summed E-state index contributed by atoms with van der Waals surface area (Å²) in [7, 11) is 8.36. The molecule has 12 rings (SSSR count). The first-order chi connectivity index (χ1) is 56.4. The van der Waals surface area contributed by atoms with Crippen LogP contribution in [-0.2, 0) is 44.9 Å². The molecule has 12 aromatic rings. The zero-order valence-electron chi connectivity index (χ0n) is 66.9. The Hall–Kier alpha value is -13.6. The normalized spacial score (nSPS) is 10.6. The lowest BCUT2D eigenvalue weighted by Crippen LogP contribution is -2.25. The molecule has 8 aromatic heterocycles. The third-order valence-electron chi connectivity index (χ3n) is 18.8. The van der Waals surface area contributed by atoms with E-state index in [0.717, 1.165) is 50.2 Å². The molecule has 0 saturated carbocycles. The van der Waals surface area contributed by atoms with Gasteiger partial charge >= 0.3 is 0 Å². The van der Waals surface area contributed by atoms with Gasteiger partial charge in [0, 0.05) is 161 Å². The summed E-state index contributed by atoms with van der Waals surface area (Å²) >= 11 is 5.77. The average molecular weight is 1590 g/mol. The molecule has 8 heterocycles. The van der Waals surface area contributed by atoms with Crippen molar-refractivity contribution in [1.82, 2.24) is 59.8 Å². The van der Waals surface area contributed by atoms with Crippen LogP contribution in [0.25, 0.3) is 45.6 Å². The van der Waals surface area contributed by atoms with Crippen LogP contribution in [0.1, 0.15) is 148 Å². The summed E-state index contributed by atoms with van der Waals surface area (Å²) in [6, 6.07) is 43.0. The van der Waals surface area contributed by atoms with E-state index < -0.39 is 5.95 Å². The molecule has 0 spiro atoms. The van der Waals surface area contributed by atoms with E-state index in [1.165, 1.54) is 31.9 Å². The Morgan fingerprint density at radius 2 is 0.573 bits per heavy atom. The monoisotopic (exact) mass is 1590 g/mol. The fourth-order valence-electron chi connectivity index (χ4n) is 11.4. The maximum atomic E-state index is 12.8. The molecular formula is C90H90ClFN16O9. The molecule has 0 bridgehead atoms. The lowest BCUT2D eigenvalue weighted by molar-refractivity contribution is -0.118. The Bertz CT molecular complexity index is 4900. The van der Waals surface area contributed by atoms with Crippen molar-refractivity contribution in [3.05, 3.63) is 281 Å². The average Bonchev–Trinajstić information content (AvgIpc) is 0.845. The Morgan fingerprint density at radius 3 is 0.795 bits per heavy atom. The van der Waals surface area contributed by atoms with E-state index in [2.05, 4.69) is 59.8 Å². The molecule has 598 valence electrons. The number of Topliss-reactive ketones (excluding diaryl/α,β-unsaturated/α-hetero) is 4. The molecule has 4 amide bonds. The SMILES string of the molecule is CCC(=O)N(C)c1cnc(-c2ccc(C(=O)CCc3ccc(C)nc3)cc2)nc1.CCC(=O)N(C)c1cnc(-c2ccc(C(=O)CCc3ccc(Cl)nc3)cc2)nc1.CCC(=O)N(C)c1cnc(-c2ccc(C(=O)CCc3ccc(F)nc3)cc2)nc1.CCC(=O)N(C)c1cnc(-c2ccc(C(=O)CCc3ccc(OC)nc3)cc2)nc1. The van der Waals surface area contributed by atoms with Gasteiger partial charge in [0.05, 0.1) is 79.4 Å². The van der Waals surface area contributed by atoms with Crippen LogP contribution in [0.3, 0.4) is 0 Å². The zero-order valence-corrected chi connectivity index (χ0v) is 67.6. The quantitative estimate of drug-likeness (QED) is 0.0310. The summed E-state index contributed by atoms with van der Waals surface area (Å²) in [5, 5.41) is 0.439. The van der Waals surface area contributed by atoms with Crippen LogP contribution in [0.2, 0.25) is 5.15 Å². The maximum Gasteiger partial charge on any atom is 0.226 e. The number of nitrogens with zero attached hydrogens (tertiary/aromatic N) is 16. The highest BCUT2D eigenvalue weighted by Gasteiger charge is 2.18. The minimum absolute atomic E-state index is 0.000336. The first-order valence-electron chi connectivity index (χ1n) is 37.9. The van der Waals surface area contributed by atoms with Gasteiger partial charge in [0.2, 0.25) is 35.5 Å². The minimum atomic E-state index is -0.533. The largest absolute Gasteiger partial charge is 0.481 e. The number of rotatable bonds is 29. The van der Waals surface area contributed by atoms with E-state index >= 15 is 0 Å². The number of ketones is 4. The second-order valence-corrected chi connectivity index (χ2v) is 27.2. The summed E-state index contributed by atoms with van der Waals surface area (Å²) in [6.07, 6.45) is 25.2. The summed E-state index contributed by atoms with van der Waals surface area (Å²) in [5.74, 6) is 2.37. The fourth-order valence-corrected chi connectivity index (χ4v) is 11.5. The minimum Gasteiger partial charge on any atom is -0.481 e. The predicted molar refractivity (Wildman–Crippen MR) is 448 cm³/mol. The van der Waals surface area contributed by atoms with E-state index in [1.807, 2.05) is 94.6 Å². The van der Waals surface area contributed by atoms with Crippen molar-refractivity contribution in [1.29, 1.82) is 0 Å². The number of pyridine rings is 4. The second-order valence-electron chi connectivity index (χ2n) is 26.8. The highest BCUT2D eigenvalue weighted by molar-refractivity contribution is 6.29. The fraction of sp³-hybridized carbons (Fsp3) is 0.244. The molecule has 0 N–H and O–H groups in total. The van der Waals surface area contributed by atoms with E-state index in [4.69, 9.17) is 16.3 Å². The molecule has 0 atom stereocenters. The number of aryl methyl sites for hydroxylation is 5. The molecule has 117 heavy (non-hydrogen) atoms. The van der Waals surface area contributed by atoms with Gasteiger partial charge in [-0.05, 0) is 73.1 Å². The molecule has 0 saturated heterocycles. The molecular weight excluding hydrogens is 1500 g/mol. The van der Waals surface area contributed by atoms with E-state index in [-0.39, 0.29) is 46.8 Å². The first kappa shape index (κ1) is 87.3. The van der Waals surface area contributed by atoms with Gasteiger partial charge in [-0.15, -0.1) is 0 Å². The number of carbonyl (C=O) groups is 8. The molecule has 0 radical (unpaired) electrons. The lowest BCUT2D eigenvalue weighted by Gasteiger charge is -2.15. The number of ether oxygens (including phenoxy) is 1. The molecule has 0 unspecified atom stereocenters. The van der Waals surface area contributed by atoms with Crippen molar-refractivity contribution in [2.75, 3.05) is 54.9 Å². The van der Waals surface area contributed by atoms with Crippen LogP contribution in [0.15, 0.2) is 220 Å². The Morgan fingerprint density at radius 1 is 0.316 bits per heavy atom. The van der Waals surface area contributed by atoms with Crippen LogP contribution in [0.5, 0.6) is 5.88 Å². The number of amides is 4. The van der Waals surface area contributed by atoms with Crippen molar-refractivity contribution < 1.29 is 47.5 Å². The topological polar surface area (TPSA) is 313 Å². The summed E-state index contributed by atoms with van der Waals surface area (Å²) < 4.78 is 17.9. The van der Waals surface area contributed by atoms with Crippen LogP contribution in [0, 0.1) is 12.9 Å². The third-order valence-corrected chi connectivity index (χ3v) is 19.0. The zero-order chi connectivity index (χ0) is 83.9. The van der Waals surface area contributed by atoms with Crippen molar-refractivity contribution in [3.63, 3.8) is 0 Å². The second kappa shape index (κ2) is 43.6. The van der Waals surface area contributed by atoms with Crippen LogP contribution in [0.4, 0.5) is 27.1 Å². The molecule has 0 aliphatic heterocycles. The van der Waals surface area contributed by atoms with Gasteiger partial charge < -0.3 is 24.3 Å². The van der Waals surface area contributed by atoms with Gasteiger partial charge in [-0.3, -0.25) is 43.3 Å². The number of hydrogen-bond acceptors (Lipinski definition) is 21. The van der Waals surface area contributed by atoms with Gasteiger partial charge in [0.15, 0.2) is 46.4 Å². The highest BCUT2D eigenvalue weighted by Crippen LogP contribution is 2.26. The molecule has 0 fully saturated rings. The number of anilines is 4. The van der Waals surface area contributed by atoms with Crippen molar-refractivity contribution in [2.45, 2.75) is 112 Å². The van der Waals surface area contributed by atoms with E-state index in [1.54, 1.807) is 183 Å². The molecule has 0 aliphatic carbocycles. The van der Waals surface area contributed by atoms with Gasteiger partial charge in [0.25, 0.3) is 0 Å². The molecule has 4 aromatic carbocycles. The van der Waals surface area contributed by atoms with Gasteiger partial charge in [-0.1, -0.05) is 161 Å². The standard InChI is InChI=1S/C23H24N4O3.C23H24N4O2.C22H21ClN4O2.C22H21FN4O2/c1-4-22(29)27(2)19-14-25-23(26-15-19)18-9-7-17(8-10-18)20(28)11-5-16-6-12-21(30-3)24-13-16;1-4-22(29)27(3)20-14-25-23(26-15-20)19-10-8-18(9-11-19)21(28)12-7-17-6-5-16(2)24-13-17;2*1-3-21(29)27(2)18-13-25-22(26-14-18)17-8-6-16(7-9-17)19(28)10-4-15-5-11-20(23)24-12-15/h6-10,12-15H,4-5,11H2,1-3H3;5-6,8-11,13-15H,4,7,12H2,1-3H3;2*5-9,11-14H,3-4,10H2,1-2H3. The Balaban J connectivity index is 0.000000178. The summed E-state index contributed by atoms with van der Waals surface area (Å²) in [5.41, 5.74) is 13.1. The van der Waals surface area contributed by atoms with Crippen molar-refractivity contribution in [2.24, 2.45) is 0 Å². The first-order valence-corrected chi connectivity index (χ1v) is 38.3. The van der Waals surface area contributed by atoms with Gasteiger partial charge in [-0.2, -0.15) is 4.39 Å². The highest BCUT2D eigenvalue weighted by atomic mass is 35.5. The third kappa shape index (κ3) is 25.7. The van der Waals surface area contributed by atoms with Gasteiger partial charge in [0.1, 0.15) is 5.15 Å². The lowest BCUT2D eigenvalue weighted by atomic mass is 10.0. The van der Waals surface area contributed by atoms with E-state index in [0.29, 0.717) is 156 Å². The van der Waals surface area contributed by atoms with E-state index in [9.17, 15) is 42.7 Å². The van der Waals surface area contributed by atoms with Gasteiger partial charge in [-0.25, -0.2) is 54.8 Å². The van der Waals surface area contributed by atoms with Crippen LogP contribution >= 0.6 is 11.6 Å². The Labute approximate surface area is 684 Å². The smallest absolute Gasteiger partial charge is 0.226 e. The van der Waals surface area contributed by atoms with Crippen LogP contribution < -0.4 is 24.3 Å². The maximum absolute atomic E-state index is 12.8. The van der Waals surface area contributed by atoms with Crippen molar-refractivity contribution in [3.8, 4) is 51.4 Å². The summed E-state index contributed by atoms with van der Waals surface area (Å²) in [6.45, 7) is 9.17. The molecule has 27 heteroatoms. The number of benzene rings is 4. The number of halogens is 2. The number of carbonyl (C=O) groups excluding carboxylic acids is 8. The number of hydrogen-bond donors (Lipinski definition) is 0. The Kier molecular flexibility index (Phi) is 32.5. The number of methoxy groups -OCH3 is 1. The van der Waals surface area contributed by atoms with Crippen molar-refractivity contribution >= 4 is 81.1 Å². The number of aromatic nitrogens is 12. The predicted octanol–water partition coefficient (Wildman–Crippen LogP) is 16.0.